The van der Waals surface area contributed by atoms with Crippen molar-refractivity contribution in [3.8, 4) is 0 Å². The zero-order chi connectivity index (χ0) is 7.69. The normalized spacial score (nSPS) is 57.3. The fraction of sp³-hybridized carbons (Fsp3) is 1.00. The molecular weight excluding hydrogens is 136 g/mol. The Kier molecular flexibility index (Phi) is 0.893. The highest BCUT2D eigenvalue weighted by molar-refractivity contribution is 5.17. The van der Waals surface area contributed by atoms with Gasteiger partial charge in [-0.15, -0.1) is 0 Å². The lowest BCUT2D eigenvalue weighted by Crippen LogP contribution is -2.18. The SMILES string of the molecule is CC1CC12OC1(CC1)C[C@@H]2C. The highest BCUT2D eigenvalue weighted by atomic mass is 16.5. The third kappa shape index (κ3) is 0.658. The summed E-state index contributed by atoms with van der Waals surface area (Å²) in [6.07, 6.45) is 5.35. The van der Waals surface area contributed by atoms with Crippen LogP contribution in [0.3, 0.4) is 0 Å². The molecule has 11 heavy (non-hydrogen) atoms. The van der Waals surface area contributed by atoms with Gasteiger partial charge in [0.2, 0.25) is 0 Å². The van der Waals surface area contributed by atoms with E-state index in [2.05, 4.69) is 13.8 Å². The molecule has 0 bridgehead atoms. The first kappa shape index (κ1) is 6.47. The van der Waals surface area contributed by atoms with Gasteiger partial charge in [0.15, 0.2) is 0 Å². The average molecular weight is 152 g/mol. The smallest absolute Gasteiger partial charge is 0.0746 e. The molecule has 62 valence electrons. The molecule has 1 aliphatic heterocycles. The molecule has 0 aromatic rings. The zero-order valence-corrected chi connectivity index (χ0v) is 7.39. The van der Waals surface area contributed by atoms with Gasteiger partial charge in [-0.05, 0) is 37.5 Å². The highest BCUT2D eigenvalue weighted by Crippen LogP contribution is 2.66. The van der Waals surface area contributed by atoms with Gasteiger partial charge in [-0.3, -0.25) is 0 Å². The van der Waals surface area contributed by atoms with Crippen molar-refractivity contribution >= 4 is 0 Å². The molecule has 3 fully saturated rings. The van der Waals surface area contributed by atoms with Crippen molar-refractivity contribution in [3.05, 3.63) is 0 Å². The van der Waals surface area contributed by atoms with Gasteiger partial charge >= 0.3 is 0 Å². The zero-order valence-electron chi connectivity index (χ0n) is 7.39. The van der Waals surface area contributed by atoms with Crippen LogP contribution in [0.2, 0.25) is 0 Å². The number of hydrogen-bond donors (Lipinski definition) is 0. The van der Waals surface area contributed by atoms with Crippen LogP contribution in [-0.2, 0) is 4.74 Å². The van der Waals surface area contributed by atoms with Crippen LogP contribution >= 0.6 is 0 Å². The Morgan fingerprint density at radius 3 is 2.00 bits per heavy atom. The van der Waals surface area contributed by atoms with E-state index in [-0.39, 0.29) is 0 Å². The molecule has 0 aromatic heterocycles. The third-order valence-corrected chi connectivity index (χ3v) is 4.03. The number of hydrogen-bond acceptors (Lipinski definition) is 1. The molecule has 2 spiro atoms. The van der Waals surface area contributed by atoms with E-state index in [4.69, 9.17) is 4.74 Å². The van der Waals surface area contributed by atoms with Gasteiger partial charge in [0.1, 0.15) is 0 Å². The predicted molar refractivity (Wildman–Crippen MR) is 43.3 cm³/mol. The molecular formula is C10H16O. The lowest BCUT2D eigenvalue weighted by Gasteiger charge is -2.13. The van der Waals surface area contributed by atoms with Crippen molar-refractivity contribution in [1.29, 1.82) is 0 Å². The minimum Gasteiger partial charge on any atom is -0.368 e. The van der Waals surface area contributed by atoms with Gasteiger partial charge in [0, 0.05) is 0 Å². The summed E-state index contributed by atoms with van der Waals surface area (Å²) in [4.78, 5) is 0. The maximum atomic E-state index is 6.18. The van der Waals surface area contributed by atoms with Crippen LogP contribution < -0.4 is 0 Å². The molecule has 0 amide bonds. The van der Waals surface area contributed by atoms with E-state index in [1.807, 2.05) is 0 Å². The first-order chi connectivity index (χ1) is 5.17. The van der Waals surface area contributed by atoms with Gasteiger partial charge in [0.25, 0.3) is 0 Å². The Labute approximate surface area is 68.1 Å². The minimum atomic E-state index is 0.358. The van der Waals surface area contributed by atoms with E-state index < -0.39 is 0 Å². The van der Waals surface area contributed by atoms with Gasteiger partial charge in [-0.1, -0.05) is 13.8 Å². The van der Waals surface area contributed by atoms with Crippen LogP contribution in [0, 0.1) is 11.8 Å². The van der Waals surface area contributed by atoms with Crippen molar-refractivity contribution in [2.75, 3.05) is 0 Å². The summed E-state index contributed by atoms with van der Waals surface area (Å²) in [5, 5.41) is 0. The van der Waals surface area contributed by atoms with Crippen molar-refractivity contribution in [2.24, 2.45) is 11.8 Å². The van der Waals surface area contributed by atoms with E-state index in [0.29, 0.717) is 11.2 Å². The fourth-order valence-electron chi connectivity index (χ4n) is 2.97. The van der Waals surface area contributed by atoms with Gasteiger partial charge in [0.05, 0.1) is 11.2 Å². The fourth-order valence-corrected chi connectivity index (χ4v) is 2.97. The molecule has 2 unspecified atom stereocenters. The average Bonchev–Trinajstić information content (AvgIpc) is 2.74. The summed E-state index contributed by atoms with van der Waals surface area (Å²) < 4.78 is 6.18. The monoisotopic (exact) mass is 152 g/mol. The second-order valence-corrected chi connectivity index (χ2v) is 4.95. The third-order valence-electron chi connectivity index (χ3n) is 4.03. The topological polar surface area (TPSA) is 9.23 Å². The van der Waals surface area contributed by atoms with Crippen LogP contribution in [0.15, 0.2) is 0 Å². The summed E-state index contributed by atoms with van der Waals surface area (Å²) in [5.41, 5.74) is 0.751. The Balaban J connectivity index is 1.88. The van der Waals surface area contributed by atoms with Crippen molar-refractivity contribution in [2.45, 2.75) is 50.7 Å². The van der Waals surface area contributed by atoms with Crippen molar-refractivity contribution in [1.82, 2.24) is 0 Å². The van der Waals surface area contributed by atoms with Crippen LogP contribution in [0.5, 0.6) is 0 Å². The summed E-state index contributed by atoms with van der Waals surface area (Å²) in [6, 6.07) is 0. The Hall–Kier alpha value is -0.0400. The van der Waals surface area contributed by atoms with Gasteiger partial charge in [-0.2, -0.15) is 0 Å². The standard InChI is InChI=1S/C10H16O/c1-7-5-9(3-4-9)11-10(7)6-8(10)2/h7-8H,3-6H2,1-2H3/t7-,8?,10?/m0/s1. The van der Waals surface area contributed by atoms with E-state index in [9.17, 15) is 0 Å². The first-order valence-electron chi connectivity index (χ1n) is 4.87. The van der Waals surface area contributed by atoms with E-state index in [1.165, 1.54) is 25.7 Å². The second kappa shape index (κ2) is 1.52. The van der Waals surface area contributed by atoms with Gasteiger partial charge in [-0.25, -0.2) is 0 Å². The minimum absolute atomic E-state index is 0.358. The molecule has 2 saturated carbocycles. The lowest BCUT2D eigenvalue weighted by molar-refractivity contribution is -0.00657. The Morgan fingerprint density at radius 2 is 1.73 bits per heavy atom. The molecule has 2 aliphatic carbocycles. The van der Waals surface area contributed by atoms with E-state index in [1.54, 1.807) is 0 Å². The maximum Gasteiger partial charge on any atom is 0.0746 e. The van der Waals surface area contributed by atoms with Crippen LogP contribution in [0.25, 0.3) is 0 Å². The maximum absolute atomic E-state index is 6.18. The van der Waals surface area contributed by atoms with E-state index >= 15 is 0 Å². The lowest BCUT2D eigenvalue weighted by atomic mass is 9.98. The molecule has 0 N–H and O–H groups in total. The molecule has 3 aliphatic rings. The van der Waals surface area contributed by atoms with Crippen molar-refractivity contribution in [3.63, 3.8) is 0 Å². The largest absolute Gasteiger partial charge is 0.368 e. The van der Waals surface area contributed by atoms with Crippen LogP contribution in [0.4, 0.5) is 0 Å². The molecule has 1 saturated heterocycles. The number of rotatable bonds is 0. The Bertz CT molecular complexity index is 207. The molecule has 0 aromatic carbocycles. The summed E-state index contributed by atoms with van der Waals surface area (Å²) in [5.74, 6) is 1.68. The summed E-state index contributed by atoms with van der Waals surface area (Å²) >= 11 is 0. The van der Waals surface area contributed by atoms with Crippen LogP contribution in [-0.4, -0.2) is 11.2 Å². The first-order valence-corrected chi connectivity index (χ1v) is 4.87. The van der Waals surface area contributed by atoms with E-state index in [0.717, 1.165) is 11.8 Å². The quantitative estimate of drug-likeness (QED) is 0.517. The van der Waals surface area contributed by atoms with Gasteiger partial charge < -0.3 is 4.74 Å². The second-order valence-electron chi connectivity index (χ2n) is 4.95. The number of ether oxygens (including phenoxy) is 1. The van der Waals surface area contributed by atoms with Crippen LogP contribution in [0.1, 0.15) is 39.5 Å². The summed E-state index contributed by atoms with van der Waals surface area (Å²) in [6.45, 7) is 4.70. The van der Waals surface area contributed by atoms with Crippen molar-refractivity contribution < 1.29 is 4.74 Å². The molecule has 3 atom stereocenters. The Morgan fingerprint density at radius 1 is 1.09 bits per heavy atom. The molecule has 3 rings (SSSR count). The molecule has 1 nitrogen and oxygen atoms in total. The molecule has 0 radical (unpaired) electrons. The highest BCUT2D eigenvalue weighted by Gasteiger charge is 2.68. The molecule has 1 heterocycles. The summed E-state index contributed by atoms with van der Waals surface area (Å²) in [7, 11) is 0. The predicted octanol–water partition coefficient (Wildman–Crippen LogP) is 2.35. The molecule has 1 heteroatoms.